The molecule has 5 heteroatoms. The monoisotopic (exact) mass is 209 g/mol. The van der Waals surface area contributed by atoms with Gasteiger partial charge in [0.05, 0.1) is 12.7 Å². The van der Waals surface area contributed by atoms with Crippen molar-refractivity contribution in [2.24, 2.45) is 0 Å². The van der Waals surface area contributed by atoms with Crippen LogP contribution in [-0.2, 0) is 0 Å². The van der Waals surface area contributed by atoms with Crippen LogP contribution < -0.4 is 10.9 Å². The molecule has 0 aliphatic heterocycles. The van der Waals surface area contributed by atoms with Crippen LogP contribution in [0.2, 0.25) is 0 Å². The third-order valence-corrected chi connectivity index (χ3v) is 2.05. The van der Waals surface area contributed by atoms with Crippen LogP contribution in [0.1, 0.15) is 5.56 Å². The minimum Gasteiger partial charge on any atom is -0.309 e. The minimum absolute atomic E-state index is 0.187. The number of rotatable bonds is 2. The van der Waals surface area contributed by atoms with Gasteiger partial charge in [0.2, 0.25) is 0 Å². The Kier molecular flexibility index (Phi) is 4.23. The second-order valence-electron chi connectivity index (χ2n) is 2.47. The minimum atomic E-state index is -0.187. The lowest BCUT2D eigenvalue weighted by molar-refractivity contribution is 0.928. The molecule has 0 aromatic carbocycles. The fraction of sp³-hybridized carbons (Fsp3) is 0.333. The van der Waals surface area contributed by atoms with E-state index in [2.05, 4.69) is 27.1 Å². The molecular formula is C9H11N3OS. The van der Waals surface area contributed by atoms with Gasteiger partial charge in [-0.05, 0) is 13.3 Å². The summed E-state index contributed by atoms with van der Waals surface area (Å²) in [6.07, 6.45) is 3.35. The quantitative estimate of drug-likeness (QED) is 0.411. The summed E-state index contributed by atoms with van der Waals surface area (Å²) in [6.45, 7) is 0.559. The highest BCUT2D eigenvalue weighted by Gasteiger charge is 1.97. The van der Waals surface area contributed by atoms with E-state index < -0.39 is 0 Å². The van der Waals surface area contributed by atoms with E-state index in [1.807, 2.05) is 6.26 Å². The number of nitrogens with zero attached hydrogens (tertiary/aromatic N) is 1. The molecule has 1 aromatic rings. The van der Waals surface area contributed by atoms with Gasteiger partial charge in [-0.25, -0.2) is 4.98 Å². The van der Waals surface area contributed by atoms with Crippen molar-refractivity contribution < 1.29 is 0 Å². The second-order valence-corrected chi connectivity index (χ2v) is 3.26. The van der Waals surface area contributed by atoms with Crippen molar-refractivity contribution in [2.45, 2.75) is 5.16 Å². The van der Waals surface area contributed by atoms with Crippen molar-refractivity contribution in [1.82, 2.24) is 15.3 Å². The number of nitrogens with one attached hydrogen (secondary N) is 2. The summed E-state index contributed by atoms with van der Waals surface area (Å²) in [5, 5.41) is 3.48. The molecule has 74 valence electrons. The Labute approximate surface area is 86.5 Å². The van der Waals surface area contributed by atoms with Gasteiger partial charge in [-0.15, -0.1) is 0 Å². The molecule has 14 heavy (non-hydrogen) atoms. The zero-order valence-corrected chi connectivity index (χ0v) is 8.86. The van der Waals surface area contributed by atoms with Gasteiger partial charge in [0, 0.05) is 0 Å². The number of H-pyrrole nitrogens is 1. The highest BCUT2D eigenvalue weighted by Crippen LogP contribution is 2.03. The predicted molar refractivity (Wildman–Crippen MR) is 57.4 cm³/mol. The van der Waals surface area contributed by atoms with Gasteiger partial charge in [-0.1, -0.05) is 23.6 Å². The van der Waals surface area contributed by atoms with E-state index in [1.165, 1.54) is 18.0 Å². The van der Waals surface area contributed by atoms with Gasteiger partial charge in [0.15, 0.2) is 5.16 Å². The average Bonchev–Trinajstić information content (AvgIpc) is 2.20. The Balaban J connectivity index is 2.91. The second kappa shape index (κ2) is 5.47. The van der Waals surface area contributed by atoms with Crippen molar-refractivity contribution >= 4 is 11.8 Å². The van der Waals surface area contributed by atoms with E-state index >= 15 is 0 Å². The molecule has 0 bridgehead atoms. The van der Waals surface area contributed by atoms with Crippen molar-refractivity contribution in [3.05, 3.63) is 22.1 Å². The molecule has 1 aromatic heterocycles. The predicted octanol–water partition coefficient (Wildman–Crippen LogP) is 0.0627. The zero-order valence-electron chi connectivity index (χ0n) is 8.05. The van der Waals surface area contributed by atoms with E-state index in [9.17, 15) is 4.79 Å². The van der Waals surface area contributed by atoms with E-state index in [0.717, 1.165) is 0 Å². The van der Waals surface area contributed by atoms with Crippen LogP contribution in [0, 0.1) is 11.8 Å². The van der Waals surface area contributed by atoms with Gasteiger partial charge in [0.25, 0.3) is 5.56 Å². The Bertz CT molecular complexity index is 416. The Morgan fingerprint density at radius 1 is 1.71 bits per heavy atom. The molecule has 0 saturated heterocycles. The van der Waals surface area contributed by atoms with Crippen LogP contribution in [0.3, 0.4) is 0 Å². The molecular weight excluding hydrogens is 198 g/mol. The van der Waals surface area contributed by atoms with Crippen molar-refractivity contribution in [2.75, 3.05) is 19.8 Å². The molecule has 0 spiro atoms. The number of aromatic nitrogens is 2. The van der Waals surface area contributed by atoms with Crippen LogP contribution in [0.25, 0.3) is 0 Å². The van der Waals surface area contributed by atoms with Crippen LogP contribution >= 0.6 is 11.8 Å². The third kappa shape index (κ3) is 2.91. The SMILES string of the molecule is CNCC#Cc1cnc(SC)[nH]c1=O. The fourth-order valence-corrected chi connectivity index (χ4v) is 1.15. The standard InChI is InChI=1S/C9H11N3OS/c1-10-5-3-4-7-6-11-9(14-2)12-8(7)13/h6,10H,5H2,1-2H3,(H,11,12,13). The molecule has 2 N–H and O–H groups in total. The first-order chi connectivity index (χ1) is 6.77. The summed E-state index contributed by atoms with van der Waals surface area (Å²) in [7, 11) is 1.80. The smallest absolute Gasteiger partial charge is 0.267 e. The lowest BCUT2D eigenvalue weighted by Gasteiger charge is -1.93. The molecule has 1 heterocycles. The van der Waals surface area contributed by atoms with Crippen molar-refractivity contribution in [1.29, 1.82) is 0 Å². The molecule has 0 aliphatic rings. The molecule has 0 aliphatic carbocycles. The lowest BCUT2D eigenvalue weighted by atomic mass is 10.3. The number of aromatic amines is 1. The summed E-state index contributed by atoms with van der Waals surface area (Å²) < 4.78 is 0. The van der Waals surface area contributed by atoms with Gasteiger partial charge in [-0.2, -0.15) is 0 Å². The summed E-state index contributed by atoms with van der Waals surface area (Å²) >= 11 is 1.39. The Morgan fingerprint density at radius 2 is 2.50 bits per heavy atom. The summed E-state index contributed by atoms with van der Waals surface area (Å²) in [4.78, 5) is 18.0. The molecule has 0 unspecified atom stereocenters. The number of hydrogen-bond acceptors (Lipinski definition) is 4. The summed E-state index contributed by atoms with van der Waals surface area (Å²) in [5.41, 5.74) is 0.214. The average molecular weight is 209 g/mol. The van der Waals surface area contributed by atoms with E-state index in [0.29, 0.717) is 17.3 Å². The summed E-state index contributed by atoms with van der Waals surface area (Å²) in [6, 6.07) is 0. The number of hydrogen-bond donors (Lipinski definition) is 2. The maximum Gasteiger partial charge on any atom is 0.267 e. The summed E-state index contributed by atoms with van der Waals surface area (Å²) in [5.74, 6) is 5.54. The van der Waals surface area contributed by atoms with Gasteiger partial charge < -0.3 is 10.3 Å². The zero-order chi connectivity index (χ0) is 10.4. The van der Waals surface area contributed by atoms with E-state index in [4.69, 9.17) is 0 Å². The van der Waals surface area contributed by atoms with E-state index in [-0.39, 0.29) is 5.56 Å². The van der Waals surface area contributed by atoms with Crippen molar-refractivity contribution in [3.63, 3.8) is 0 Å². The highest BCUT2D eigenvalue weighted by atomic mass is 32.2. The molecule has 0 fully saturated rings. The van der Waals surface area contributed by atoms with Crippen LogP contribution in [0.15, 0.2) is 16.1 Å². The van der Waals surface area contributed by atoms with Crippen LogP contribution in [-0.4, -0.2) is 29.8 Å². The molecule has 0 radical (unpaired) electrons. The Hall–Kier alpha value is -1.25. The van der Waals surface area contributed by atoms with Gasteiger partial charge >= 0.3 is 0 Å². The first kappa shape index (κ1) is 10.8. The van der Waals surface area contributed by atoms with Gasteiger partial charge in [0.1, 0.15) is 5.56 Å². The Morgan fingerprint density at radius 3 is 3.07 bits per heavy atom. The lowest BCUT2D eigenvalue weighted by Crippen LogP contribution is -2.12. The van der Waals surface area contributed by atoms with Crippen LogP contribution in [0.4, 0.5) is 0 Å². The molecule has 0 amide bonds. The normalized spacial score (nSPS) is 9.29. The maximum atomic E-state index is 11.4. The van der Waals surface area contributed by atoms with Crippen molar-refractivity contribution in [3.8, 4) is 11.8 Å². The van der Waals surface area contributed by atoms with E-state index in [1.54, 1.807) is 7.05 Å². The largest absolute Gasteiger partial charge is 0.309 e. The fourth-order valence-electron chi connectivity index (χ4n) is 0.799. The molecule has 0 atom stereocenters. The number of thioether (sulfide) groups is 1. The topological polar surface area (TPSA) is 57.8 Å². The molecule has 4 nitrogen and oxygen atoms in total. The third-order valence-electron chi connectivity index (χ3n) is 1.46. The first-order valence-corrected chi connectivity index (χ1v) is 5.27. The molecule has 0 saturated carbocycles. The first-order valence-electron chi connectivity index (χ1n) is 4.04. The maximum absolute atomic E-state index is 11.4. The van der Waals surface area contributed by atoms with Gasteiger partial charge in [-0.3, -0.25) is 4.79 Å². The highest BCUT2D eigenvalue weighted by molar-refractivity contribution is 7.98. The van der Waals surface area contributed by atoms with Crippen LogP contribution in [0.5, 0.6) is 0 Å². The molecule has 1 rings (SSSR count).